The van der Waals surface area contributed by atoms with Gasteiger partial charge in [-0.05, 0) is 30.9 Å². The highest BCUT2D eigenvalue weighted by molar-refractivity contribution is 5.82. The maximum atomic E-state index is 5.10. The van der Waals surface area contributed by atoms with Gasteiger partial charge in [-0.15, -0.1) is 0 Å². The molecule has 0 amide bonds. The first-order valence-corrected chi connectivity index (χ1v) is 6.59. The maximum absolute atomic E-state index is 5.10. The average Bonchev–Trinajstić information content (AvgIpc) is 2.66. The van der Waals surface area contributed by atoms with Crippen molar-refractivity contribution < 1.29 is 4.74 Å². The summed E-state index contributed by atoms with van der Waals surface area (Å²) in [6.07, 6.45) is 0.999. The number of benzene rings is 1. The summed E-state index contributed by atoms with van der Waals surface area (Å²) in [7, 11) is 1.74. The zero-order chi connectivity index (χ0) is 13.1. The zero-order valence-corrected chi connectivity index (χ0v) is 11.7. The van der Waals surface area contributed by atoms with Crippen molar-refractivity contribution in [3.8, 4) is 0 Å². The van der Waals surface area contributed by atoms with E-state index in [0.717, 1.165) is 25.3 Å². The van der Waals surface area contributed by atoms with E-state index >= 15 is 0 Å². The van der Waals surface area contributed by atoms with E-state index in [9.17, 15) is 0 Å². The fraction of sp³-hybridized carbons (Fsp3) is 0.533. The minimum Gasteiger partial charge on any atom is -0.385 e. The van der Waals surface area contributed by atoms with Crippen LogP contribution in [0, 0.1) is 6.92 Å². The van der Waals surface area contributed by atoms with Crippen LogP contribution >= 0.6 is 0 Å². The van der Waals surface area contributed by atoms with Gasteiger partial charge in [-0.2, -0.15) is 5.10 Å². The summed E-state index contributed by atoms with van der Waals surface area (Å²) in [5.41, 5.74) is 3.72. The number of aryl methyl sites for hydroxylation is 2. The second kappa shape index (κ2) is 5.53. The van der Waals surface area contributed by atoms with Crippen LogP contribution in [0.5, 0.6) is 0 Å². The van der Waals surface area contributed by atoms with Crippen molar-refractivity contribution in [1.29, 1.82) is 0 Å². The molecule has 1 aromatic heterocycles. The molecule has 3 heteroatoms. The Morgan fingerprint density at radius 3 is 2.78 bits per heavy atom. The molecule has 2 aromatic rings. The molecular weight excluding hydrogens is 224 g/mol. The van der Waals surface area contributed by atoms with Crippen LogP contribution in [0.4, 0.5) is 0 Å². The number of nitrogens with zero attached hydrogens (tertiary/aromatic N) is 2. The average molecular weight is 246 g/mol. The van der Waals surface area contributed by atoms with Crippen LogP contribution in [0.15, 0.2) is 18.2 Å². The van der Waals surface area contributed by atoms with Crippen molar-refractivity contribution in [3.05, 3.63) is 29.5 Å². The molecule has 0 unspecified atom stereocenters. The summed E-state index contributed by atoms with van der Waals surface area (Å²) >= 11 is 0. The SMILES string of the molecule is COCCCn1nc(C)c2ccc(C(C)C)cc21. The van der Waals surface area contributed by atoms with Gasteiger partial charge in [0, 0.05) is 25.6 Å². The summed E-state index contributed by atoms with van der Waals surface area (Å²) in [5, 5.41) is 5.88. The van der Waals surface area contributed by atoms with E-state index in [4.69, 9.17) is 4.74 Å². The third kappa shape index (κ3) is 2.56. The zero-order valence-electron chi connectivity index (χ0n) is 11.7. The van der Waals surface area contributed by atoms with Gasteiger partial charge in [0.15, 0.2) is 0 Å². The van der Waals surface area contributed by atoms with Gasteiger partial charge in [0.2, 0.25) is 0 Å². The molecule has 0 spiro atoms. The van der Waals surface area contributed by atoms with Crippen molar-refractivity contribution in [1.82, 2.24) is 9.78 Å². The fourth-order valence-electron chi connectivity index (χ4n) is 2.25. The van der Waals surface area contributed by atoms with Crippen LogP contribution < -0.4 is 0 Å². The normalized spacial score (nSPS) is 11.6. The monoisotopic (exact) mass is 246 g/mol. The van der Waals surface area contributed by atoms with Crippen LogP contribution in [0.2, 0.25) is 0 Å². The maximum Gasteiger partial charge on any atom is 0.0688 e. The molecule has 0 aliphatic heterocycles. The summed E-state index contributed by atoms with van der Waals surface area (Å²) < 4.78 is 7.21. The van der Waals surface area contributed by atoms with Gasteiger partial charge in [-0.1, -0.05) is 26.0 Å². The minimum absolute atomic E-state index is 0.553. The molecule has 0 radical (unpaired) electrons. The molecule has 0 saturated heterocycles. The van der Waals surface area contributed by atoms with Crippen LogP contribution in [0.25, 0.3) is 10.9 Å². The summed E-state index contributed by atoms with van der Waals surface area (Å²) in [6, 6.07) is 6.67. The van der Waals surface area contributed by atoms with Gasteiger partial charge in [0.05, 0.1) is 11.2 Å². The lowest BCUT2D eigenvalue weighted by atomic mass is 10.0. The third-order valence-corrected chi connectivity index (χ3v) is 3.35. The molecule has 1 heterocycles. The van der Waals surface area contributed by atoms with Crippen molar-refractivity contribution in [2.24, 2.45) is 0 Å². The Kier molecular flexibility index (Phi) is 4.02. The molecule has 18 heavy (non-hydrogen) atoms. The highest BCUT2D eigenvalue weighted by atomic mass is 16.5. The van der Waals surface area contributed by atoms with E-state index in [1.807, 2.05) is 0 Å². The standard InChI is InChI=1S/C15H22N2O/c1-11(2)13-6-7-14-12(3)16-17(15(14)10-13)8-5-9-18-4/h6-7,10-11H,5,8-9H2,1-4H3. The predicted molar refractivity (Wildman–Crippen MR) is 75.1 cm³/mol. The summed E-state index contributed by atoms with van der Waals surface area (Å²) in [5.74, 6) is 0.553. The first-order chi connectivity index (χ1) is 8.63. The Bertz CT molecular complexity index is 529. The number of fused-ring (bicyclic) bond motifs is 1. The Morgan fingerprint density at radius 1 is 1.33 bits per heavy atom. The Balaban J connectivity index is 2.36. The highest BCUT2D eigenvalue weighted by Crippen LogP contribution is 2.23. The van der Waals surface area contributed by atoms with Crippen LogP contribution in [0.1, 0.15) is 37.4 Å². The van der Waals surface area contributed by atoms with Crippen LogP contribution in [-0.2, 0) is 11.3 Å². The van der Waals surface area contributed by atoms with Crippen LogP contribution in [0.3, 0.4) is 0 Å². The first-order valence-electron chi connectivity index (χ1n) is 6.59. The lowest BCUT2D eigenvalue weighted by Crippen LogP contribution is -2.03. The van der Waals surface area contributed by atoms with E-state index in [1.165, 1.54) is 16.5 Å². The molecular formula is C15H22N2O. The van der Waals surface area contributed by atoms with Gasteiger partial charge in [-0.3, -0.25) is 4.68 Å². The molecule has 0 N–H and O–H groups in total. The fourth-order valence-corrected chi connectivity index (χ4v) is 2.25. The summed E-state index contributed by atoms with van der Waals surface area (Å²) in [6.45, 7) is 8.22. The second-order valence-electron chi connectivity index (χ2n) is 5.09. The molecule has 3 nitrogen and oxygen atoms in total. The van der Waals surface area contributed by atoms with E-state index in [1.54, 1.807) is 7.11 Å². The lowest BCUT2D eigenvalue weighted by molar-refractivity contribution is 0.189. The number of hydrogen-bond acceptors (Lipinski definition) is 2. The number of ether oxygens (including phenoxy) is 1. The van der Waals surface area contributed by atoms with E-state index in [2.05, 4.69) is 48.8 Å². The second-order valence-corrected chi connectivity index (χ2v) is 5.09. The first kappa shape index (κ1) is 13.1. The lowest BCUT2D eigenvalue weighted by Gasteiger charge is -2.07. The molecule has 0 aliphatic carbocycles. The number of methoxy groups -OCH3 is 1. The molecule has 1 aromatic carbocycles. The van der Waals surface area contributed by atoms with Crippen molar-refractivity contribution >= 4 is 10.9 Å². The molecule has 2 rings (SSSR count). The van der Waals surface area contributed by atoms with Crippen molar-refractivity contribution in [2.45, 2.75) is 39.7 Å². The molecule has 0 fully saturated rings. The topological polar surface area (TPSA) is 27.1 Å². The third-order valence-electron chi connectivity index (χ3n) is 3.35. The van der Waals surface area contributed by atoms with E-state index in [0.29, 0.717) is 5.92 Å². The minimum atomic E-state index is 0.553. The Morgan fingerprint density at radius 2 is 2.11 bits per heavy atom. The van der Waals surface area contributed by atoms with Gasteiger partial charge in [0.1, 0.15) is 0 Å². The van der Waals surface area contributed by atoms with Gasteiger partial charge in [-0.25, -0.2) is 0 Å². The predicted octanol–water partition coefficient (Wildman–Crippen LogP) is 3.50. The van der Waals surface area contributed by atoms with E-state index < -0.39 is 0 Å². The molecule has 0 atom stereocenters. The van der Waals surface area contributed by atoms with E-state index in [-0.39, 0.29) is 0 Å². The van der Waals surface area contributed by atoms with Crippen molar-refractivity contribution in [2.75, 3.05) is 13.7 Å². The van der Waals surface area contributed by atoms with Gasteiger partial charge in [0.25, 0.3) is 0 Å². The summed E-state index contributed by atoms with van der Waals surface area (Å²) in [4.78, 5) is 0. The highest BCUT2D eigenvalue weighted by Gasteiger charge is 2.09. The van der Waals surface area contributed by atoms with Gasteiger partial charge < -0.3 is 4.74 Å². The molecule has 0 aliphatic rings. The van der Waals surface area contributed by atoms with Crippen molar-refractivity contribution in [3.63, 3.8) is 0 Å². The molecule has 98 valence electrons. The Hall–Kier alpha value is -1.35. The number of hydrogen-bond donors (Lipinski definition) is 0. The largest absolute Gasteiger partial charge is 0.385 e. The molecule has 0 saturated carbocycles. The number of rotatable bonds is 5. The van der Waals surface area contributed by atoms with Crippen LogP contribution in [-0.4, -0.2) is 23.5 Å². The smallest absolute Gasteiger partial charge is 0.0688 e. The number of aromatic nitrogens is 2. The molecule has 0 bridgehead atoms. The Labute approximate surface area is 109 Å². The quantitative estimate of drug-likeness (QED) is 0.755. The van der Waals surface area contributed by atoms with Gasteiger partial charge >= 0.3 is 0 Å².